The van der Waals surface area contributed by atoms with Crippen molar-refractivity contribution in [3.05, 3.63) is 165 Å². The number of imide groups is 1. The molecule has 0 fully saturated rings. The molecule has 2 N–H and O–H groups in total. The number of benzene rings is 5. The first-order valence-electron chi connectivity index (χ1n) is 17.0. The number of rotatable bonds is 14. The molecule has 0 aliphatic carbocycles. The summed E-state index contributed by atoms with van der Waals surface area (Å²) in [7, 11) is 0. The second-order valence-electron chi connectivity index (χ2n) is 12.7. The Morgan fingerprint density at radius 3 is 1.96 bits per heavy atom. The predicted octanol–water partition coefficient (Wildman–Crippen LogP) is 6.66. The van der Waals surface area contributed by atoms with E-state index in [1.165, 1.54) is 0 Å². The van der Waals surface area contributed by atoms with Gasteiger partial charge < -0.3 is 15.3 Å². The Labute approximate surface area is 312 Å². The molecule has 264 valence electrons. The average molecular weight is 735 g/mol. The van der Waals surface area contributed by atoms with E-state index >= 15 is 0 Å². The lowest BCUT2D eigenvalue weighted by molar-refractivity contribution is -0.132. The third-order valence-electron chi connectivity index (χ3n) is 9.13. The number of carbonyl (C=O) groups excluding carboxylic acids is 4. The van der Waals surface area contributed by atoms with Crippen LogP contribution in [0.2, 0.25) is 10.0 Å². The first-order chi connectivity index (χ1) is 25.2. The van der Waals surface area contributed by atoms with Gasteiger partial charge in [-0.3, -0.25) is 24.1 Å². The number of amides is 4. The molecule has 0 saturated carbocycles. The van der Waals surface area contributed by atoms with Gasteiger partial charge in [0.15, 0.2) is 0 Å². The lowest BCUT2D eigenvalue weighted by atomic mass is 9.99. The SMILES string of the molecule is O=C(CN1C(=O)c2ccccc2C1=O)NC(Cc1ccccc1)C(O)CN(CCc1ccc(Cl)cc1Cl)C(=O)Cc1ccc(-c2ccccc2)cc1. The van der Waals surface area contributed by atoms with Crippen molar-refractivity contribution in [3.63, 3.8) is 0 Å². The molecule has 5 aromatic carbocycles. The molecule has 1 heterocycles. The Kier molecular flexibility index (Phi) is 11.8. The number of fused-ring (bicyclic) bond motifs is 1. The number of carbonyl (C=O) groups is 4. The van der Waals surface area contributed by atoms with E-state index in [0.717, 1.165) is 32.7 Å². The van der Waals surface area contributed by atoms with E-state index in [9.17, 15) is 24.3 Å². The van der Waals surface area contributed by atoms with Gasteiger partial charge in [0.05, 0.1) is 29.7 Å². The summed E-state index contributed by atoms with van der Waals surface area (Å²) in [4.78, 5) is 55.8. The lowest BCUT2D eigenvalue weighted by Gasteiger charge is -2.31. The molecule has 4 amide bonds. The van der Waals surface area contributed by atoms with Gasteiger partial charge in [0.1, 0.15) is 6.54 Å². The summed E-state index contributed by atoms with van der Waals surface area (Å²) < 4.78 is 0. The third-order valence-corrected chi connectivity index (χ3v) is 9.72. The molecule has 1 aliphatic heterocycles. The second-order valence-corrected chi connectivity index (χ2v) is 13.6. The van der Waals surface area contributed by atoms with Gasteiger partial charge in [0.2, 0.25) is 11.8 Å². The highest BCUT2D eigenvalue weighted by molar-refractivity contribution is 6.35. The molecule has 2 unspecified atom stereocenters. The molecule has 10 heteroatoms. The van der Waals surface area contributed by atoms with E-state index in [1.807, 2.05) is 91.0 Å². The molecule has 2 atom stereocenters. The predicted molar refractivity (Wildman–Crippen MR) is 202 cm³/mol. The molecular formula is C42H37Cl2N3O5. The van der Waals surface area contributed by atoms with Crippen molar-refractivity contribution in [1.82, 2.24) is 15.1 Å². The maximum Gasteiger partial charge on any atom is 0.262 e. The van der Waals surface area contributed by atoms with E-state index in [2.05, 4.69) is 5.32 Å². The van der Waals surface area contributed by atoms with Gasteiger partial charge in [0, 0.05) is 23.1 Å². The Morgan fingerprint density at radius 1 is 0.731 bits per heavy atom. The summed E-state index contributed by atoms with van der Waals surface area (Å²) in [6.07, 6.45) is -0.485. The Bertz CT molecular complexity index is 2020. The molecule has 52 heavy (non-hydrogen) atoms. The monoisotopic (exact) mass is 733 g/mol. The van der Waals surface area contributed by atoms with E-state index in [-0.39, 0.29) is 43.0 Å². The van der Waals surface area contributed by atoms with Crippen LogP contribution in [0.5, 0.6) is 0 Å². The van der Waals surface area contributed by atoms with Gasteiger partial charge in [-0.1, -0.05) is 126 Å². The topological polar surface area (TPSA) is 107 Å². The number of aliphatic hydroxyl groups is 1. The minimum atomic E-state index is -1.21. The fraction of sp³-hybridized carbons (Fsp3) is 0.190. The summed E-state index contributed by atoms with van der Waals surface area (Å²) in [5.41, 5.74) is 5.03. The highest BCUT2D eigenvalue weighted by Gasteiger charge is 2.37. The zero-order chi connectivity index (χ0) is 36.6. The van der Waals surface area contributed by atoms with Crippen LogP contribution in [-0.2, 0) is 28.9 Å². The second kappa shape index (κ2) is 16.8. The smallest absolute Gasteiger partial charge is 0.262 e. The van der Waals surface area contributed by atoms with Crippen LogP contribution in [0.25, 0.3) is 11.1 Å². The zero-order valence-electron chi connectivity index (χ0n) is 28.3. The molecular weight excluding hydrogens is 697 g/mol. The van der Waals surface area contributed by atoms with Gasteiger partial charge in [-0.25, -0.2) is 0 Å². The van der Waals surface area contributed by atoms with Crippen molar-refractivity contribution in [2.75, 3.05) is 19.6 Å². The summed E-state index contributed by atoms with van der Waals surface area (Å²) >= 11 is 12.6. The minimum Gasteiger partial charge on any atom is -0.389 e. The number of halogens is 2. The molecule has 0 radical (unpaired) electrons. The fourth-order valence-electron chi connectivity index (χ4n) is 6.31. The van der Waals surface area contributed by atoms with Crippen LogP contribution >= 0.6 is 23.2 Å². The lowest BCUT2D eigenvalue weighted by Crippen LogP contribution is -2.53. The zero-order valence-corrected chi connectivity index (χ0v) is 29.8. The van der Waals surface area contributed by atoms with E-state index in [1.54, 1.807) is 41.3 Å². The summed E-state index contributed by atoms with van der Waals surface area (Å²) in [5.74, 6) is -1.93. The quantitative estimate of drug-likeness (QED) is 0.124. The van der Waals surface area contributed by atoms with Crippen molar-refractivity contribution in [1.29, 1.82) is 0 Å². The van der Waals surface area contributed by atoms with Crippen molar-refractivity contribution < 1.29 is 24.3 Å². The molecule has 0 aromatic heterocycles. The summed E-state index contributed by atoms with van der Waals surface area (Å²) in [6.45, 7) is -0.377. The number of hydrogen-bond acceptors (Lipinski definition) is 5. The molecule has 0 bridgehead atoms. The molecule has 0 spiro atoms. The van der Waals surface area contributed by atoms with Gasteiger partial charge in [-0.15, -0.1) is 0 Å². The summed E-state index contributed by atoms with van der Waals surface area (Å²) in [6, 6.07) is 37.8. The first-order valence-corrected chi connectivity index (χ1v) is 17.7. The van der Waals surface area contributed by atoms with Crippen molar-refractivity contribution >= 4 is 46.8 Å². The van der Waals surface area contributed by atoms with Crippen molar-refractivity contribution in [2.24, 2.45) is 0 Å². The average Bonchev–Trinajstić information content (AvgIpc) is 3.39. The van der Waals surface area contributed by atoms with Crippen LogP contribution in [0, 0.1) is 0 Å². The molecule has 8 nitrogen and oxygen atoms in total. The van der Waals surface area contributed by atoms with Gasteiger partial charge in [-0.05, 0) is 64.9 Å². The highest BCUT2D eigenvalue weighted by Crippen LogP contribution is 2.24. The fourth-order valence-corrected chi connectivity index (χ4v) is 6.82. The normalized spacial score (nSPS) is 13.4. The van der Waals surface area contributed by atoms with Crippen LogP contribution in [-0.4, -0.2) is 70.3 Å². The van der Waals surface area contributed by atoms with Crippen LogP contribution in [0.15, 0.2) is 127 Å². The largest absolute Gasteiger partial charge is 0.389 e. The van der Waals surface area contributed by atoms with Gasteiger partial charge >= 0.3 is 0 Å². The molecule has 6 rings (SSSR count). The molecule has 5 aromatic rings. The highest BCUT2D eigenvalue weighted by atomic mass is 35.5. The Hall–Kier alpha value is -5.28. The third kappa shape index (κ3) is 8.95. The van der Waals surface area contributed by atoms with Crippen LogP contribution in [0.4, 0.5) is 0 Å². The maximum absolute atomic E-state index is 14.0. The first kappa shape index (κ1) is 36.5. The molecule has 1 aliphatic rings. The number of hydrogen-bond donors (Lipinski definition) is 2. The van der Waals surface area contributed by atoms with E-state index < -0.39 is 36.4 Å². The van der Waals surface area contributed by atoms with Crippen LogP contribution in [0.1, 0.15) is 37.4 Å². The number of aliphatic hydroxyl groups excluding tert-OH is 1. The summed E-state index contributed by atoms with van der Waals surface area (Å²) in [5, 5.41) is 15.6. The maximum atomic E-state index is 14.0. The van der Waals surface area contributed by atoms with E-state index in [0.29, 0.717) is 16.5 Å². The van der Waals surface area contributed by atoms with Gasteiger partial charge in [0.25, 0.3) is 11.8 Å². The van der Waals surface area contributed by atoms with Crippen LogP contribution < -0.4 is 5.32 Å². The minimum absolute atomic E-state index is 0.0889. The standard InChI is InChI=1S/C42H37Cl2N3O5/c43-33-20-19-32(36(44)25-33)21-22-46(40(50)24-29-15-17-31(18-16-29)30-11-5-2-6-12-30)26-38(48)37(23-28-9-3-1-4-10-28)45-39(49)27-47-41(51)34-13-7-8-14-35(34)42(47)52/h1-20,25,37-38,48H,21-24,26-27H2,(H,45,49). The van der Waals surface area contributed by atoms with Gasteiger partial charge in [-0.2, -0.15) is 0 Å². The van der Waals surface area contributed by atoms with Crippen molar-refractivity contribution in [2.45, 2.75) is 31.4 Å². The Balaban J connectivity index is 1.20. The van der Waals surface area contributed by atoms with E-state index in [4.69, 9.17) is 23.2 Å². The van der Waals surface area contributed by atoms with Crippen LogP contribution in [0.3, 0.4) is 0 Å². The van der Waals surface area contributed by atoms with Crippen molar-refractivity contribution in [3.8, 4) is 11.1 Å². The Morgan fingerprint density at radius 2 is 1.33 bits per heavy atom. The molecule has 0 saturated heterocycles. The number of nitrogens with one attached hydrogen (secondary N) is 1. The number of nitrogens with zero attached hydrogens (tertiary/aromatic N) is 2.